The fourth-order valence-electron chi connectivity index (χ4n) is 2.62. The molecule has 5 heteroatoms. The molecule has 0 amide bonds. The zero-order valence-corrected chi connectivity index (χ0v) is 10.9. The molecule has 19 heavy (non-hydrogen) atoms. The molecule has 0 bridgehead atoms. The Balaban J connectivity index is 1.55. The van der Waals surface area contributed by atoms with Crippen LogP contribution in [0.15, 0.2) is 36.7 Å². The van der Waals surface area contributed by atoms with Crippen LogP contribution in [0.4, 0.5) is 5.82 Å². The Kier molecular flexibility index (Phi) is 3.46. The van der Waals surface area contributed by atoms with Gasteiger partial charge in [0.05, 0.1) is 11.7 Å². The largest absolute Gasteiger partial charge is 0.382 e. The Hall–Kier alpha value is -1.88. The third-order valence-corrected chi connectivity index (χ3v) is 3.67. The maximum Gasteiger partial charge on any atom is 0.145 e. The summed E-state index contributed by atoms with van der Waals surface area (Å²) in [6.45, 7) is 3.11. The first-order valence-corrected chi connectivity index (χ1v) is 6.74. The standard InChI is InChI=1S/C14H19N5/c15-14-6-10-19(17-14)13-4-8-18(9-5-13)11-12-3-1-2-7-16-12/h1-3,6-7,10,13H,4-5,8-9,11H2,(H2,15,17). The van der Waals surface area contributed by atoms with Gasteiger partial charge in [-0.25, -0.2) is 0 Å². The van der Waals surface area contributed by atoms with Crippen molar-refractivity contribution in [3.8, 4) is 0 Å². The minimum Gasteiger partial charge on any atom is -0.382 e. The van der Waals surface area contributed by atoms with Crippen LogP contribution in [0.5, 0.6) is 0 Å². The van der Waals surface area contributed by atoms with E-state index in [-0.39, 0.29) is 0 Å². The van der Waals surface area contributed by atoms with Crippen molar-refractivity contribution >= 4 is 5.82 Å². The lowest BCUT2D eigenvalue weighted by atomic mass is 10.1. The van der Waals surface area contributed by atoms with E-state index in [0.717, 1.165) is 38.2 Å². The Morgan fingerprint density at radius 1 is 1.21 bits per heavy atom. The fourth-order valence-corrected chi connectivity index (χ4v) is 2.62. The summed E-state index contributed by atoms with van der Waals surface area (Å²) in [5, 5.41) is 4.31. The van der Waals surface area contributed by atoms with E-state index in [1.807, 2.05) is 35.3 Å². The molecule has 2 N–H and O–H groups in total. The molecule has 2 aromatic rings. The van der Waals surface area contributed by atoms with Crippen molar-refractivity contribution < 1.29 is 0 Å². The van der Waals surface area contributed by atoms with E-state index < -0.39 is 0 Å². The molecule has 100 valence electrons. The maximum absolute atomic E-state index is 5.66. The molecule has 0 aliphatic carbocycles. The highest BCUT2D eigenvalue weighted by Crippen LogP contribution is 2.23. The normalized spacial score (nSPS) is 17.7. The lowest BCUT2D eigenvalue weighted by Gasteiger charge is -2.31. The van der Waals surface area contributed by atoms with Gasteiger partial charge in [0.1, 0.15) is 5.82 Å². The SMILES string of the molecule is Nc1ccn(C2CCN(Cc3ccccn3)CC2)n1. The van der Waals surface area contributed by atoms with Crippen LogP contribution in [0.3, 0.4) is 0 Å². The third kappa shape index (κ3) is 2.93. The number of likely N-dealkylation sites (tertiary alicyclic amines) is 1. The monoisotopic (exact) mass is 257 g/mol. The first-order valence-electron chi connectivity index (χ1n) is 6.74. The summed E-state index contributed by atoms with van der Waals surface area (Å²) in [4.78, 5) is 6.83. The zero-order valence-electron chi connectivity index (χ0n) is 10.9. The van der Waals surface area contributed by atoms with Crippen LogP contribution < -0.4 is 5.73 Å². The highest BCUT2D eigenvalue weighted by atomic mass is 15.3. The quantitative estimate of drug-likeness (QED) is 0.909. The predicted octanol–water partition coefficient (Wildman–Crippen LogP) is 1.70. The van der Waals surface area contributed by atoms with Gasteiger partial charge in [0, 0.05) is 32.0 Å². The van der Waals surface area contributed by atoms with Crippen LogP contribution >= 0.6 is 0 Å². The number of nitrogens with zero attached hydrogens (tertiary/aromatic N) is 4. The molecule has 1 aliphatic heterocycles. The molecule has 0 spiro atoms. The first-order chi connectivity index (χ1) is 9.31. The van der Waals surface area contributed by atoms with Gasteiger partial charge in [-0.2, -0.15) is 5.10 Å². The lowest BCUT2D eigenvalue weighted by molar-refractivity contribution is 0.172. The van der Waals surface area contributed by atoms with Gasteiger partial charge in [-0.15, -0.1) is 0 Å². The lowest BCUT2D eigenvalue weighted by Crippen LogP contribution is -2.34. The van der Waals surface area contributed by atoms with Crippen LogP contribution in [0.2, 0.25) is 0 Å². The van der Waals surface area contributed by atoms with Gasteiger partial charge in [0.25, 0.3) is 0 Å². The van der Waals surface area contributed by atoms with Gasteiger partial charge >= 0.3 is 0 Å². The van der Waals surface area contributed by atoms with Crippen LogP contribution in [0.1, 0.15) is 24.6 Å². The topological polar surface area (TPSA) is 60.0 Å². The summed E-state index contributed by atoms with van der Waals surface area (Å²) in [5.41, 5.74) is 6.81. The maximum atomic E-state index is 5.66. The van der Waals surface area contributed by atoms with E-state index in [1.165, 1.54) is 0 Å². The van der Waals surface area contributed by atoms with Crippen LogP contribution in [0, 0.1) is 0 Å². The first kappa shape index (κ1) is 12.2. The number of rotatable bonds is 3. The van der Waals surface area contributed by atoms with E-state index in [2.05, 4.69) is 21.0 Å². The molecule has 2 aromatic heterocycles. The second kappa shape index (κ2) is 5.40. The van der Waals surface area contributed by atoms with Crippen LogP contribution in [0.25, 0.3) is 0 Å². The summed E-state index contributed by atoms with van der Waals surface area (Å²) < 4.78 is 2.01. The number of aromatic nitrogens is 3. The molecular formula is C14H19N5. The molecule has 3 heterocycles. The average molecular weight is 257 g/mol. The summed E-state index contributed by atoms with van der Waals surface area (Å²) in [7, 11) is 0. The van der Waals surface area contributed by atoms with Crippen molar-refractivity contribution in [2.24, 2.45) is 0 Å². The van der Waals surface area contributed by atoms with E-state index in [0.29, 0.717) is 11.9 Å². The minimum atomic E-state index is 0.484. The summed E-state index contributed by atoms with van der Waals surface area (Å²) >= 11 is 0. The van der Waals surface area contributed by atoms with Gasteiger partial charge in [0.2, 0.25) is 0 Å². The zero-order chi connectivity index (χ0) is 13.1. The van der Waals surface area contributed by atoms with Crippen molar-refractivity contribution in [2.45, 2.75) is 25.4 Å². The Bertz CT molecular complexity index is 514. The summed E-state index contributed by atoms with van der Waals surface area (Å²) in [5.74, 6) is 0.607. The summed E-state index contributed by atoms with van der Waals surface area (Å²) in [6, 6.07) is 8.43. The van der Waals surface area contributed by atoms with Crippen molar-refractivity contribution in [3.63, 3.8) is 0 Å². The van der Waals surface area contributed by atoms with Gasteiger partial charge in [-0.1, -0.05) is 6.07 Å². The summed E-state index contributed by atoms with van der Waals surface area (Å²) in [6.07, 6.45) is 6.07. The third-order valence-electron chi connectivity index (χ3n) is 3.67. The molecule has 5 nitrogen and oxygen atoms in total. The van der Waals surface area contributed by atoms with E-state index in [4.69, 9.17) is 5.73 Å². The molecule has 0 aromatic carbocycles. The van der Waals surface area contributed by atoms with Gasteiger partial charge in [0.15, 0.2) is 0 Å². The van der Waals surface area contributed by atoms with Crippen molar-refractivity contribution in [1.82, 2.24) is 19.7 Å². The van der Waals surface area contributed by atoms with Crippen LogP contribution in [-0.2, 0) is 6.54 Å². The predicted molar refractivity (Wildman–Crippen MR) is 74.4 cm³/mol. The highest BCUT2D eigenvalue weighted by Gasteiger charge is 2.21. The Labute approximate surface area is 113 Å². The van der Waals surface area contributed by atoms with E-state index >= 15 is 0 Å². The molecule has 0 saturated carbocycles. The molecule has 1 saturated heterocycles. The number of hydrogen-bond acceptors (Lipinski definition) is 4. The smallest absolute Gasteiger partial charge is 0.145 e. The van der Waals surface area contributed by atoms with Gasteiger partial charge < -0.3 is 5.73 Å². The second-order valence-electron chi connectivity index (χ2n) is 5.05. The second-order valence-corrected chi connectivity index (χ2v) is 5.05. The number of nitrogen functional groups attached to an aromatic ring is 1. The number of piperidine rings is 1. The Morgan fingerprint density at radius 3 is 2.68 bits per heavy atom. The van der Waals surface area contributed by atoms with Crippen molar-refractivity contribution in [2.75, 3.05) is 18.8 Å². The molecule has 0 unspecified atom stereocenters. The number of anilines is 1. The van der Waals surface area contributed by atoms with Gasteiger partial charge in [-0.3, -0.25) is 14.6 Å². The van der Waals surface area contributed by atoms with Crippen molar-refractivity contribution in [3.05, 3.63) is 42.4 Å². The molecular weight excluding hydrogens is 238 g/mol. The Morgan fingerprint density at radius 2 is 2.05 bits per heavy atom. The average Bonchev–Trinajstić information content (AvgIpc) is 2.87. The van der Waals surface area contributed by atoms with E-state index in [9.17, 15) is 0 Å². The number of hydrogen-bond donors (Lipinski definition) is 1. The molecule has 3 rings (SSSR count). The molecule has 1 aliphatic rings. The molecule has 0 radical (unpaired) electrons. The number of nitrogens with two attached hydrogens (primary N) is 1. The molecule has 1 fully saturated rings. The van der Waals surface area contributed by atoms with Crippen LogP contribution in [-0.4, -0.2) is 32.8 Å². The van der Waals surface area contributed by atoms with E-state index in [1.54, 1.807) is 0 Å². The van der Waals surface area contributed by atoms with Gasteiger partial charge in [-0.05, 0) is 31.0 Å². The van der Waals surface area contributed by atoms with Crippen molar-refractivity contribution in [1.29, 1.82) is 0 Å². The molecule has 0 atom stereocenters. The highest BCUT2D eigenvalue weighted by molar-refractivity contribution is 5.24. The minimum absolute atomic E-state index is 0.484. The number of pyridine rings is 1. The fraction of sp³-hybridized carbons (Fsp3) is 0.429.